The number of amides is 1. The highest BCUT2D eigenvalue weighted by atomic mass is 35.5. The van der Waals surface area contributed by atoms with Gasteiger partial charge in [-0.1, -0.05) is 11.6 Å². The number of halogens is 1. The van der Waals surface area contributed by atoms with Crippen LogP contribution in [0.4, 0.5) is 0 Å². The Morgan fingerprint density at radius 2 is 2.33 bits per heavy atom. The number of carbonyl (C=O) groups is 1. The van der Waals surface area contributed by atoms with Crippen molar-refractivity contribution in [1.82, 2.24) is 9.88 Å². The maximum atomic E-state index is 11.3. The second-order valence-electron chi connectivity index (χ2n) is 2.47. The van der Waals surface area contributed by atoms with Gasteiger partial charge >= 0.3 is 0 Å². The van der Waals surface area contributed by atoms with Crippen molar-refractivity contribution in [3.05, 3.63) is 29.0 Å². The fourth-order valence-corrected chi connectivity index (χ4v) is 0.867. The highest BCUT2D eigenvalue weighted by Crippen LogP contribution is 2.05. The molecule has 12 heavy (non-hydrogen) atoms. The molecular formula is C8H8ClN2O. The first kappa shape index (κ1) is 9.00. The predicted octanol–water partition coefficient (Wildman–Crippen LogP) is 1.24. The summed E-state index contributed by atoms with van der Waals surface area (Å²) in [6.07, 6.45) is 0. The van der Waals surface area contributed by atoms with E-state index in [1.807, 2.05) is 0 Å². The summed E-state index contributed by atoms with van der Waals surface area (Å²) >= 11 is 5.56. The molecule has 1 aromatic heterocycles. The molecule has 0 atom stereocenters. The molecule has 3 nitrogen and oxygen atoms in total. The molecule has 1 heterocycles. The van der Waals surface area contributed by atoms with E-state index < -0.39 is 0 Å². The molecule has 0 aliphatic carbocycles. The summed E-state index contributed by atoms with van der Waals surface area (Å²) in [6, 6.07) is 5.80. The van der Waals surface area contributed by atoms with Crippen LogP contribution in [0.25, 0.3) is 0 Å². The Morgan fingerprint density at radius 3 is 2.83 bits per heavy atom. The monoisotopic (exact) mass is 183 g/mol. The molecule has 63 valence electrons. The summed E-state index contributed by atoms with van der Waals surface area (Å²) in [7, 11) is 3.32. The van der Waals surface area contributed by atoms with Crippen molar-refractivity contribution in [3.8, 4) is 0 Å². The van der Waals surface area contributed by atoms with Gasteiger partial charge in [-0.05, 0) is 12.1 Å². The molecule has 0 fully saturated rings. The van der Waals surface area contributed by atoms with E-state index in [1.54, 1.807) is 26.2 Å². The van der Waals surface area contributed by atoms with E-state index in [2.05, 4.69) is 11.1 Å². The number of aromatic nitrogens is 1. The topological polar surface area (TPSA) is 33.2 Å². The molecule has 1 amide bonds. The third kappa shape index (κ3) is 1.95. The third-order valence-electron chi connectivity index (χ3n) is 1.29. The minimum Gasteiger partial charge on any atom is -0.343 e. The van der Waals surface area contributed by atoms with Gasteiger partial charge in [0.1, 0.15) is 10.8 Å². The Kier molecular flexibility index (Phi) is 2.65. The highest BCUT2D eigenvalue weighted by molar-refractivity contribution is 6.29. The second kappa shape index (κ2) is 3.54. The van der Waals surface area contributed by atoms with Gasteiger partial charge in [-0.15, -0.1) is 0 Å². The van der Waals surface area contributed by atoms with E-state index in [4.69, 9.17) is 11.6 Å². The fraction of sp³-hybridized carbons (Fsp3) is 0.250. The van der Waals surface area contributed by atoms with E-state index in [1.165, 1.54) is 4.90 Å². The van der Waals surface area contributed by atoms with Crippen LogP contribution >= 0.6 is 11.6 Å². The van der Waals surface area contributed by atoms with Gasteiger partial charge in [0.15, 0.2) is 0 Å². The zero-order valence-electron chi connectivity index (χ0n) is 6.84. The van der Waals surface area contributed by atoms with Gasteiger partial charge in [-0.3, -0.25) is 4.79 Å². The maximum absolute atomic E-state index is 11.3. The number of carbonyl (C=O) groups excluding carboxylic acids is 1. The summed E-state index contributed by atoms with van der Waals surface area (Å²) < 4.78 is 0. The van der Waals surface area contributed by atoms with Crippen LogP contribution in [-0.2, 0) is 0 Å². The van der Waals surface area contributed by atoms with Gasteiger partial charge in [0.25, 0.3) is 5.91 Å². The Morgan fingerprint density at radius 1 is 1.67 bits per heavy atom. The number of hydrogen-bond acceptors (Lipinski definition) is 2. The first-order valence-corrected chi connectivity index (χ1v) is 3.75. The molecule has 0 unspecified atom stereocenters. The number of rotatable bonds is 1. The zero-order chi connectivity index (χ0) is 9.14. The molecule has 4 heteroatoms. The van der Waals surface area contributed by atoms with Crippen LogP contribution < -0.4 is 0 Å². The van der Waals surface area contributed by atoms with Gasteiger partial charge in [0.2, 0.25) is 0 Å². The summed E-state index contributed by atoms with van der Waals surface area (Å²) in [5.74, 6) is -0.161. The van der Waals surface area contributed by atoms with Crippen LogP contribution in [-0.4, -0.2) is 29.9 Å². The number of pyridine rings is 1. The lowest BCUT2D eigenvalue weighted by molar-refractivity contribution is 0.0822. The SMILES string of the molecule is CN(C)C(=O)c1cc[c]c(Cl)n1. The molecule has 0 aromatic carbocycles. The van der Waals surface area contributed by atoms with Crippen LogP contribution in [0.3, 0.4) is 0 Å². The van der Waals surface area contributed by atoms with Crippen molar-refractivity contribution in [1.29, 1.82) is 0 Å². The van der Waals surface area contributed by atoms with E-state index in [0.717, 1.165) is 0 Å². The molecule has 0 spiro atoms. The summed E-state index contributed by atoms with van der Waals surface area (Å²) in [5.41, 5.74) is 0.337. The molecule has 0 aliphatic heterocycles. The minimum absolute atomic E-state index is 0.161. The Bertz CT molecular complexity index is 299. The summed E-state index contributed by atoms with van der Waals surface area (Å²) in [6.45, 7) is 0. The smallest absolute Gasteiger partial charge is 0.271 e. The normalized spacial score (nSPS) is 9.58. The summed E-state index contributed by atoms with van der Waals surface area (Å²) in [4.78, 5) is 16.5. The van der Waals surface area contributed by atoms with Crippen molar-refractivity contribution >= 4 is 17.5 Å². The standard InChI is InChI=1S/C8H8ClN2O/c1-11(2)8(12)6-4-3-5-7(9)10-6/h3-4H,1-2H3. The third-order valence-corrected chi connectivity index (χ3v) is 1.48. The first-order chi connectivity index (χ1) is 5.61. The Labute approximate surface area is 76.0 Å². The molecular weight excluding hydrogens is 176 g/mol. The van der Waals surface area contributed by atoms with Crippen LogP contribution in [0.2, 0.25) is 5.15 Å². The van der Waals surface area contributed by atoms with Crippen molar-refractivity contribution in [2.45, 2.75) is 0 Å². The first-order valence-electron chi connectivity index (χ1n) is 3.37. The van der Waals surface area contributed by atoms with Crippen molar-refractivity contribution in [2.75, 3.05) is 14.1 Å². The average Bonchev–Trinajstić information content (AvgIpc) is 2.03. The van der Waals surface area contributed by atoms with Crippen molar-refractivity contribution in [2.24, 2.45) is 0 Å². The average molecular weight is 184 g/mol. The van der Waals surface area contributed by atoms with Crippen molar-refractivity contribution < 1.29 is 4.79 Å². The number of hydrogen-bond donors (Lipinski definition) is 0. The Balaban J connectivity index is 2.96. The van der Waals surface area contributed by atoms with Gasteiger partial charge in [0.05, 0.1) is 0 Å². The lowest BCUT2D eigenvalue weighted by Crippen LogP contribution is -2.22. The van der Waals surface area contributed by atoms with E-state index in [9.17, 15) is 4.79 Å². The van der Waals surface area contributed by atoms with Gasteiger partial charge in [0, 0.05) is 20.2 Å². The van der Waals surface area contributed by atoms with Crippen LogP contribution in [0.15, 0.2) is 12.1 Å². The molecule has 1 radical (unpaired) electrons. The quantitative estimate of drug-likeness (QED) is 0.614. The molecule has 0 bridgehead atoms. The van der Waals surface area contributed by atoms with Crippen LogP contribution in [0, 0.1) is 6.07 Å². The molecule has 0 N–H and O–H groups in total. The van der Waals surface area contributed by atoms with E-state index in [-0.39, 0.29) is 11.1 Å². The molecule has 0 saturated heterocycles. The maximum Gasteiger partial charge on any atom is 0.271 e. The lowest BCUT2D eigenvalue weighted by Gasteiger charge is -2.08. The molecule has 1 aromatic rings. The summed E-state index contributed by atoms with van der Waals surface area (Å²) in [5, 5.41) is 0.211. The molecule has 1 rings (SSSR count). The Hall–Kier alpha value is -1.09. The van der Waals surface area contributed by atoms with E-state index >= 15 is 0 Å². The van der Waals surface area contributed by atoms with Crippen LogP contribution in [0.1, 0.15) is 10.5 Å². The minimum atomic E-state index is -0.161. The zero-order valence-corrected chi connectivity index (χ0v) is 7.59. The van der Waals surface area contributed by atoms with E-state index in [0.29, 0.717) is 5.69 Å². The second-order valence-corrected chi connectivity index (χ2v) is 2.82. The van der Waals surface area contributed by atoms with Crippen LogP contribution in [0.5, 0.6) is 0 Å². The van der Waals surface area contributed by atoms with Crippen molar-refractivity contribution in [3.63, 3.8) is 0 Å². The number of nitrogens with zero attached hydrogens (tertiary/aromatic N) is 2. The molecule has 0 saturated carbocycles. The molecule has 0 aliphatic rings. The van der Waals surface area contributed by atoms with Gasteiger partial charge in [-0.25, -0.2) is 4.98 Å². The largest absolute Gasteiger partial charge is 0.343 e. The predicted molar refractivity (Wildman–Crippen MR) is 46.1 cm³/mol. The fourth-order valence-electron chi connectivity index (χ4n) is 0.713. The lowest BCUT2D eigenvalue weighted by atomic mass is 10.3. The van der Waals surface area contributed by atoms with Gasteiger partial charge < -0.3 is 4.90 Å². The highest BCUT2D eigenvalue weighted by Gasteiger charge is 2.08. The van der Waals surface area contributed by atoms with Gasteiger partial charge in [-0.2, -0.15) is 0 Å².